The predicted molar refractivity (Wildman–Crippen MR) is 118 cm³/mol. The Kier molecular flexibility index (Phi) is 9.01. The van der Waals surface area contributed by atoms with E-state index in [1.54, 1.807) is 42.5 Å². The topological polar surface area (TPSA) is 102 Å². The summed E-state index contributed by atoms with van der Waals surface area (Å²) in [6, 6.07) is 11.5. The highest BCUT2D eigenvalue weighted by molar-refractivity contribution is 9.10. The van der Waals surface area contributed by atoms with Crippen molar-refractivity contribution in [2.45, 2.75) is 26.2 Å². The van der Waals surface area contributed by atoms with Crippen molar-refractivity contribution in [3.05, 3.63) is 57.5 Å². The minimum atomic E-state index is -0.578. The molecule has 0 aliphatic carbocycles. The molecule has 2 aromatic rings. The summed E-state index contributed by atoms with van der Waals surface area (Å²) in [7, 11) is 0. The number of ether oxygens (including phenoxy) is 1. The molecule has 0 saturated heterocycles. The van der Waals surface area contributed by atoms with Gasteiger partial charge < -0.3 is 15.4 Å². The summed E-state index contributed by atoms with van der Waals surface area (Å²) in [6.45, 7) is 1.01. The monoisotopic (exact) mass is 494 g/mol. The lowest BCUT2D eigenvalue weighted by molar-refractivity contribution is -0.147. The number of hydrogen-bond donors (Lipinski definition) is 2. The van der Waals surface area contributed by atoms with Gasteiger partial charge in [0.05, 0.1) is 5.02 Å². The number of ketones is 1. The van der Waals surface area contributed by atoms with E-state index in [-0.39, 0.29) is 31.0 Å². The zero-order chi connectivity index (χ0) is 22.1. The van der Waals surface area contributed by atoms with Crippen LogP contribution in [0.1, 0.15) is 36.5 Å². The molecule has 0 saturated carbocycles. The van der Waals surface area contributed by atoms with Crippen molar-refractivity contribution in [3.8, 4) is 0 Å². The van der Waals surface area contributed by atoms with Crippen LogP contribution in [0.3, 0.4) is 0 Å². The van der Waals surface area contributed by atoms with Gasteiger partial charge in [0.15, 0.2) is 12.4 Å². The lowest BCUT2D eigenvalue weighted by Crippen LogP contribution is -2.21. The van der Waals surface area contributed by atoms with Crippen LogP contribution >= 0.6 is 27.5 Å². The Balaban J connectivity index is 1.67. The zero-order valence-corrected chi connectivity index (χ0v) is 18.5. The molecule has 0 aromatic heterocycles. The number of amides is 2. The zero-order valence-electron chi connectivity index (χ0n) is 16.2. The summed E-state index contributed by atoms with van der Waals surface area (Å²) in [5, 5.41) is 5.69. The van der Waals surface area contributed by atoms with Crippen LogP contribution in [0.4, 0.5) is 11.4 Å². The van der Waals surface area contributed by atoms with E-state index >= 15 is 0 Å². The van der Waals surface area contributed by atoms with Crippen LogP contribution in [0.25, 0.3) is 0 Å². The number of rotatable bonds is 9. The number of halogens is 2. The van der Waals surface area contributed by atoms with E-state index in [9.17, 15) is 19.2 Å². The number of carbonyl (C=O) groups excluding carboxylic acids is 4. The molecule has 9 heteroatoms. The van der Waals surface area contributed by atoms with Gasteiger partial charge in [-0.1, -0.05) is 23.7 Å². The second-order valence-corrected chi connectivity index (χ2v) is 7.64. The Labute approximate surface area is 187 Å². The van der Waals surface area contributed by atoms with E-state index < -0.39 is 18.5 Å². The van der Waals surface area contributed by atoms with E-state index in [1.165, 1.54) is 6.92 Å². The van der Waals surface area contributed by atoms with Gasteiger partial charge >= 0.3 is 5.97 Å². The lowest BCUT2D eigenvalue weighted by atomic mass is 10.1. The van der Waals surface area contributed by atoms with E-state index in [2.05, 4.69) is 26.6 Å². The van der Waals surface area contributed by atoms with Crippen molar-refractivity contribution >= 4 is 62.5 Å². The molecule has 0 heterocycles. The standard InChI is InChI=1S/C21H20BrClN2O5/c1-13(26)14-4-2-5-15(10-14)24-19(27)6-3-7-21(29)30-12-20(28)25-16-8-9-17(22)18(23)11-16/h2,4-5,8-11H,3,6-7,12H2,1H3,(H,24,27)(H,25,28). The van der Waals surface area contributed by atoms with Crippen LogP contribution < -0.4 is 10.6 Å². The minimum absolute atomic E-state index is 0.00169. The van der Waals surface area contributed by atoms with Crippen molar-refractivity contribution in [2.75, 3.05) is 17.2 Å². The van der Waals surface area contributed by atoms with Gasteiger partial charge in [-0.3, -0.25) is 19.2 Å². The number of nitrogens with one attached hydrogen (secondary N) is 2. The molecule has 0 aliphatic rings. The number of hydrogen-bond acceptors (Lipinski definition) is 5. The van der Waals surface area contributed by atoms with Crippen LogP contribution in [0, 0.1) is 0 Å². The Morgan fingerprint density at radius 1 is 0.967 bits per heavy atom. The third-order valence-electron chi connectivity index (χ3n) is 3.91. The fourth-order valence-electron chi connectivity index (χ4n) is 2.42. The van der Waals surface area contributed by atoms with Gasteiger partial charge in [-0.25, -0.2) is 0 Å². The average Bonchev–Trinajstić information content (AvgIpc) is 2.69. The third-order valence-corrected chi connectivity index (χ3v) is 5.14. The normalized spacial score (nSPS) is 10.2. The summed E-state index contributed by atoms with van der Waals surface area (Å²) in [6.07, 6.45) is 0.363. The highest BCUT2D eigenvalue weighted by Crippen LogP contribution is 2.25. The molecule has 0 bridgehead atoms. The summed E-state index contributed by atoms with van der Waals surface area (Å²) < 4.78 is 5.61. The van der Waals surface area contributed by atoms with Crippen LogP contribution in [0.15, 0.2) is 46.9 Å². The van der Waals surface area contributed by atoms with Crippen molar-refractivity contribution < 1.29 is 23.9 Å². The van der Waals surface area contributed by atoms with Crippen LogP contribution in [0.2, 0.25) is 5.02 Å². The molecule has 2 aromatic carbocycles. The highest BCUT2D eigenvalue weighted by atomic mass is 79.9. The molecule has 2 N–H and O–H groups in total. The van der Waals surface area contributed by atoms with Crippen molar-refractivity contribution in [1.29, 1.82) is 0 Å². The van der Waals surface area contributed by atoms with Crippen LogP contribution in [-0.2, 0) is 19.1 Å². The highest BCUT2D eigenvalue weighted by Gasteiger charge is 2.11. The summed E-state index contributed by atoms with van der Waals surface area (Å²) in [5.74, 6) is -1.45. The van der Waals surface area contributed by atoms with Gasteiger partial charge in [0, 0.05) is 34.3 Å². The number of carbonyl (C=O) groups is 4. The van der Waals surface area contributed by atoms with Gasteiger partial charge in [-0.05, 0) is 59.6 Å². The van der Waals surface area contributed by atoms with Gasteiger partial charge in [0.2, 0.25) is 5.91 Å². The molecule has 2 rings (SSSR count). The summed E-state index contributed by atoms with van der Waals surface area (Å²) in [4.78, 5) is 46.9. The molecule has 158 valence electrons. The fraction of sp³-hybridized carbons (Fsp3) is 0.238. The Bertz CT molecular complexity index is 964. The van der Waals surface area contributed by atoms with E-state index in [4.69, 9.17) is 16.3 Å². The first kappa shape index (κ1) is 23.6. The molecule has 0 fully saturated rings. The van der Waals surface area contributed by atoms with Crippen molar-refractivity contribution in [1.82, 2.24) is 0 Å². The second kappa shape index (κ2) is 11.5. The molecule has 0 aliphatic heterocycles. The maximum absolute atomic E-state index is 12.0. The molecule has 0 radical (unpaired) electrons. The lowest BCUT2D eigenvalue weighted by Gasteiger charge is -2.08. The number of esters is 1. The van der Waals surface area contributed by atoms with Crippen LogP contribution in [-0.4, -0.2) is 30.2 Å². The molecule has 7 nitrogen and oxygen atoms in total. The molecular weight excluding hydrogens is 476 g/mol. The van der Waals surface area contributed by atoms with E-state index in [1.807, 2.05) is 0 Å². The summed E-state index contributed by atoms with van der Waals surface area (Å²) in [5.41, 5.74) is 1.50. The largest absolute Gasteiger partial charge is 0.456 e. The smallest absolute Gasteiger partial charge is 0.306 e. The quantitative estimate of drug-likeness (QED) is 0.391. The third kappa shape index (κ3) is 7.96. The number of anilines is 2. The molecule has 0 unspecified atom stereocenters. The molecular formula is C21H20BrClN2O5. The van der Waals surface area contributed by atoms with Gasteiger partial charge in [-0.2, -0.15) is 0 Å². The molecule has 0 spiro atoms. The first-order chi connectivity index (χ1) is 14.2. The maximum atomic E-state index is 12.0. The molecule has 0 atom stereocenters. The first-order valence-electron chi connectivity index (χ1n) is 9.06. The molecule has 30 heavy (non-hydrogen) atoms. The minimum Gasteiger partial charge on any atom is -0.456 e. The van der Waals surface area contributed by atoms with Crippen molar-refractivity contribution in [3.63, 3.8) is 0 Å². The Morgan fingerprint density at radius 2 is 1.67 bits per heavy atom. The Morgan fingerprint density at radius 3 is 2.37 bits per heavy atom. The van der Waals surface area contributed by atoms with Gasteiger partial charge in [0.1, 0.15) is 0 Å². The van der Waals surface area contributed by atoms with Gasteiger partial charge in [0.25, 0.3) is 5.91 Å². The maximum Gasteiger partial charge on any atom is 0.306 e. The average molecular weight is 496 g/mol. The number of Topliss-reactive ketones (excluding diaryl/α,β-unsaturated/α-hetero) is 1. The van der Waals surface area contributed by atoms with Crippen LogP contribution in [0.5, 0.6) is 0 Å². The van der Waals surface area contributed by atoms with Crippen molar-refractivity contribution in [2.24, 2.45) is 0 Å². The second-order valence-electron chi connectivity index (χ2n) is 6.38. The number of benzene rings is 2. The molecule has 2 amide bonds. The van der Waals surface area contributed by atoms with Gasteiger partial charge in [-0.15, -0.1) is 0 Å². The first-order valence-corrected chi connectivity index (χ1v) is 10.2. The van der Waals surface area contributed by atoms with E-state index in [0.717, 1.165) is 0 Å². The van der Waals surface area contributed by atoms with E-state index in [0.29, 0.717) is 26.4 Å². The Hall–Kier alpha value is -2.71. The predicted octanol–water partition coefficient (Wildman–Crippen LogP) is 4.60. The fourth-order valence-corrected chi connectivity index (χ4v) is 2.85. The summed E-state index contributed by atoms with van der Waals surface area (Å²) >= 11 is 9.20. The SMILES string of the molecule is CC(=O)c1cccc(NC(=O)CCCC(=O)OCC(=O)Nc2ccc(Br)c(Cl)c2)c1.